The van der Waals surface area contributed by atoms with Gasteiger partial charge in [-0.25, -0.2) is 4.79 Å². The lowest BCUT2D eigenvalue weighted by Gasteiger charge is -2.25. The minimum atomic E-state index is -0.727. The maximum absolute atomic E-state index is 12.8. The number of hydrogen-bond acceptors (Lipinski definition) is 6. The Morgan fingerprint density at radius 2 is 2.07 bits per heavy atom. The highest BCUT2D eigenvalue weighted by molar-refractivity contribution is 7.17. The van der Waals surface area contributed by atoms with Crippen molar-refractivity contribution in [2.75, 3.05) is 18.4 Å². The van der Waals surface area contributed by atoms with E-state index in [1.165, 1.54) is 17.4 Å². The quantitative estimate of drug-likeness (QED) is 0.615. The summed E-state index contributed by atoms with van der Waals surface area (Å²) in [6.07, 6.45) is 0.700. The van der Waals surface area contributed by atoms with Gasteiger partial charge in [-0.1, -0.05) is 25.1 Å². The number of likely N-dealkylation sites (N-methyl/N-ethyl adjacent to an activating group) is 1. The average Bonchev–Trinajstić information content (AvgIpc) is 3.04. The highest BCUT2D eigenvalue weighted by Crippen LogP contribution is 2.37. The van der Waals surface area contributed by atoms with E-state index in [4.69, 9.17) is 10.2 Å². The van der Waals surface area contributed by atoms with Gasteiger partial charge in [-0.05, 0) is 30.7 Å². The van der Waals surface area contributed by atoms with Crippen LogP contribution in [0.15, 0.2) is 39.5 Å². The Morgan fingerprint density at radius 1 is 1.31 bits per heavy atom. The molecule has 3 heterocycles. The van der Waals surface area contributed by atoms with E-state index in [9.17, 15) is 14.4 Å². The third-order valence-corrected chi connectivity index (χ3v) is 6.07. The lowest BCUT2D eigenvalue weighted by molar-refractivity contribution is 0.1000. The molecular weight excluding hydrogens is 414 g/mol. The molecule has 7 nitrogen and oxygen atoms in total. The van der Waals surface area contributed by atoms with Crippen LogP contribution < -0.4 is 16.7 Å². The molecule has 0 saturated heterocycles. The van der Waals surface area contributed by atoms with Gasteiger partial charge in [-0.2, -0.15) is 0 Å². The second-order valence-corrected chi connectivity index (χ2v) is 7.74. The standard InChI is InChI=1S/C20H19N3O4S.ClH/c1-2-23-8-7-12-15(10-23)28-19(16(12)17(21)24)22-18(25)13-9-11-5-3-4-6-14(11)27-20(13)26;/h3-6,9H,2,7-8,10H2,1H3,(H2,21,24)(H,22,25);1H. The summed E-state index contributed by atoms with van der Waals surface area (Å²) in [6.45, 7) is 4.53. The number of carbonyl (C=O) groups excluding carboxylic acids is 2. The van der Waals surface area contributed by atoms with Crippen molar-refractivity contribution in [3.05, 3.63) is 62.3 Å². The zero-order chi connectivity index (χ0) is 19.8. The molecule has 0 radical (unpaired) electrons. The van der Waals surface area contributed by atoms with Crippen molar-refractivity contribution in [3.8, 4) is 0 Å². The molecule has 1 aromatic carbocycles. The summed E-state index contributed by atoms with van der Waals surface area (Å²) >= 11 is 1.33. The lowest BCUT2D eigenvalue weighted by atomic mass is 10.0. The Hall–Kier alpha value is -2.68. The number of anilines is 1. The number of halogens is 1. The van der Waals surface area contributed by atoms with Crippen molar-refractivity contribution in [2.24, 2.45) is 5.73 Å². The van der Waals surface area contributed by atoms with Crippen molar-refractivity contribution >= 4 is 51.5 Å². The van der Waals surface area contributed by atoms with Gasteiger partial charge in [0, 0.05) is 23.4 Å². The van der Waals surface area contributed by atoms with Crippen LogP contribution in [0.2, 0.25) is 0 Å². The second-order valence-electron chi connectivity index (χ2n) is 6.63. The number of primary amides is 1. The van der Waals surface area contributed by atoms with Gasteiger partial charge in [0.1, 0.15) is 16.1 Å². The normalized spacial score (nSPS) is 13.6. The van der Waals surface area contributed by atoms with Gasteiger partial charge >= 0.3 is 5.63 Å². The van der Waals surface area contributed by atoms with Crippen LogP contribution in [0.3, 0.4) is 0 Å². The number of fused-ring (bicyclic) bond motifs is 2. The van der Waals surface area contributed by atoms with E-state index in [-0.39, 0.29) is 18.0 Å². The summed E-state index contributed by atoms with van der Waals surface area (Å²) in [5.41, 5.74) is 6.39. The molecule has 0 spiro atoms. The molecule has 0 saturated carbocycles. The number of benzene rings is 1. The molecule has 1 aliphatic heterocycles. The maximum Gasteiger partial charge on any atom is 0.349 e. The van der Waals surface area contributed by atoms with Gasteiger partial charge in [-0.3, -0.25) is 14.5 Å². The fourth-order valence-corrected chi connectivity index (χ4v) is 4.76. The van der Waals surface area contributed by atoms with Crippen molar-refractivity contribution < 1.29 is 14.0 Å². The highest BCUT2D eigenvalue weighted by atomic mass is 35.5. The Labute approximate surface area is 176 Å². The van der Waals surface area contributed by atoms with E-state index < -0.39 is 17.4 Å². The van der Waals surface area contributed by atoms with Gasteiger partial charge in [-0.15, -0.1) is 23.7 Å². The first-order chi connectivity index (χ1) is 13.5. The predicted octanol–water partition coefficient (Wildman–Crippen LogP) is 3.01. The molecule has 152 valence electrons. The zero-order valence-electron chi connectivity index (χ0n) is 15.7. The van der Waals surface area contributed by atoms with Crippen LogP contribution in [0.25, 0.3) is 11.0 Å². The van der Waals surface area contributed by atoms with Crippen LogP contribution in [0.4, 0.5) is 5.00 Å². The predicted molar refractivity (Wildman–Crippen MR) is 115 cm³/mol. The van der Waals surface area contributed by atoms with Crippen molar-refractivity contribution in [1.82, 2.24) is 4.90 Å². The van der Waals surface area contributed by atoms with Crippen LogP contribution in [0.5, 0.6) is 0 Å². The van der Waals surface area contributed by atoms with Gasteiger partial charge in [0.15, 0.2) is 0 Å². The molecule has 4 rings (SSSR count). The second kappa shape index (κ2) is 8.36. The molecule has 3 N–H and O–H groups in total. The maximum atomic E-state index is 12.8. The largest absolute Gasteiger partial charge is 0.422 e. The number of carbonyl (C=O) groups is 2. The summed E-state index contributed by atoms with van der Waals surface area (Å²) in [6, 6.07) is 8.46. The number of thiophene rings is 1. The number of nitrogens with one attached hydrogen (secondary N) is 1. The number of hydrogen-bond donors (Lipinski definition) is 2. The Morgan fingerprint density at radius 3 is 2.79 bits per heavy atom. The topological polar surface area (TPSA) is 106 Å². The van der Waals surface area contributed by atoms with E-state index in [1.54, 1.807) is 24.3 Å². The smallest absolute Gasteiger partial charge is 0.349 e. The third kappa shape index (κ3) is 3.91. The molecule has 29 heavy (non-hydrogen) atoms. The summed E-state index contributed by atoms with van der Waals surface area (Å²) in [5.74, 6) is -1.20. The SMILES string of the molecule is CCN1CCc2c(sc(NC(=O)c3cc4ccccc4oc3=O)c2C(N)=O)C1.Cl. The monoisotopic (exact) mass is 433 g/mol. The van der Waals surface area contributed by atoms with E-state index >= 15 is 0 Å². The van der Waals surface area contributed by atoms with E-state index in [2.05, 4.69) is 17.1 Å². The van der Waals surface area contributed by atoms with Gasteiger partial charge < -0.3 is 15.5 Å². The van der Waals surface area contributed by atoms with Crippen LogP contribution in [0.1, 0.15) is 38.1 Å². The Kier molecular flexibility index (Phi) is 6.07. The molecule has 2 aromatic heterocycles. The minimum Gasteiger partial charge on any atom is -0.422 e. The van der Waals surface area contributed by atoms with E-state index in [0.29, 0.717) is 34.5 Å². The number of rotatable bonds is 4. The Balaban J connectivity index is 0.00000240. The zero-order valence-corrected chi connectivity index (χ0v) is 17.3. The number of nitrogens with two attached hydrogens (primary N) is 1. The lowest BCUT2D eigenvalue weighted by Crippen LogP contribution is -2.30. The molecule has 0 bridgehead atoms. The third-order valence-electron chi connectivity index (χ3n) is 4.94. The molecule has 3 aromatic rings. The first kappa shape index (κ1) is 21.0. The molecule has 2 amide bonds. The summed E-state index contributed by atoms with van der Waals surface area (Å²) in [4.78, 5) is 40.3. The van der Waals surface area contributed by atoms with Crippen molar-refractivity contribution in [2.45, 2.75) is 19.9 Å². The van der Waals surface area contributed by atoms with Crippen molar-refractivity contribution in [1.29, 1.82) is 0 Å². The van der Waals surface area contributed by atoms with Gasteiger partial charge in [0.05, 0.1) is 5.56 Å². The van der Waals surface area contributed by atoms with Gasteiger partial charge in [0.2, 0.25) is 0 Å². The fraction of sp³-hybridized carbons (Fsp3) is 0.250. The van der Waals surface area contributed by atoms with Crippen LogP contribution in [-0.4, -0.2) is 29.8 Å². The molecule has 9 heteroatoms. The van der Waals surface area contributed by atoms with Crippen molar-refractivity contribution in [3.63, 3.8) is 0 Å². The average molecular weight is 434 g/mol. The summed E-state index contributed by atoms with van der Waals surface area (Å²) in [7, 11) is 0. The summed E-state index contributed by atoms with van der Waals surface area (Å²) < 4.78 is 5.23. The summed E-state index contributed by atoms with van der Waals surface area (Å²) in [5, 5.41) is 3.73. The molecule has 0 unspecified atom stereocenters. The molecule has 0 aliphatic carbocycles. The molecule has 0 atom stereocenters. The highest BCUT2D eigenvalue weighted by Gasteiger charge is 2.28. The molecule has 1 aliphatic rings. The van der Waals surface area contributed by atoms with Crippen LogP contribution in [-0.2, 0) is 13.0 Å². The number of para-hydroxylation sites is 1. The first-order valence-corrected chi connectivity index (χ1v) is 9.80. The van der Waals surface area contributed by atoms with E-state index in [0.717, 1.165) is 23.5 Å². The van der Waals surface area contributed by atoms with Gasteiger partial charge in [0.25, 0.3) is 11.8 Å². The Bertz CT molecular complexity index is 1150. The van der Waals surface area contributed by atoms with E-state index in [1.807, 2.05) is 0 Å². The molecule has 0 fully saturated rings. The first-order valence-electron chi connectivity index (χ1n) is 8.99. The minimum absolute atomic E-state index is 0. The molecular formula is C20H20ClN3O4S. The van der Waals surface area contributed by atoms with Crippen LogP contribution in [0, 0.1) is 0 Å². The number of nitrogens with zero attached hydrogens (tertiary/aromatic N) is 1. The number of amides is 2. The van der Waals surface area contributed by atoms with Crippen LogP contribution >= 0.6 is 23.7 Å². The fourth-order valence-electron chi connectivity index (χ4n) is 3.47.